The van der Waals surface area contributed by atoms with E-state index in [9.17, 15) is 4.79 Å². The summed E-state index contributed by atoms with van der Waals surface area (Å²) in [5, 5.41) is 0. The third kappa shape index (κ3) is 2.00. The highest BCUT2D eigenvalue weighted by molar-refractivity contribution is 5.97. The van der Waals surface area contributed by atoms with Crippen LogP contribution < -0.4 is 0 Å². The Labute approximate surface area is 124 Å². The molecule has 2 fully saturated rings. The molecule has 0 aromatic carbocycles. The van der Waals surface area contributed by atoms with Crippen molar-refractivity contribution in [2.45, 2.75) is 46.1 Å². The molecule has 2 unspecified atom stereocenters. The molecule has 4 heteroatoms. The summed E-state index contributed by atoms with van der Waals surface area (Å²) < 4.78 is 5.35. The number of carbonyl (C=O) groups is 1. The van der Waals surface area contributed by atoms with E-state index in [0.717, 1.165) is 30.5 Å². The van der Waals surface area contributed by atoms with Crippen LogP contribution >= 0.6 is 0 Å². The van der Waals surface area contributed by atoms with Crippen molar-refractivity contribution >= 4 is 17.0 Å². The van der Waals surface area contributed by atoms with Gasteiger partial charge in [-0.15, -0.1) is 0 Å². The number of aromatic amines is 1. The van der Waals surface area contributed by atoms with Gasteiger partial charge < -0.3 is 14.3 Å². The Morgan fingerprint density at radius 2 is 2.19 bits per heavy atom. The van der Waals surface area contributed by atoms with Crippen LogP contribution in [0.5, 0.6) is 0 Å². The van der Waals surface area contributed by atoms with E-state index >= 15 is 0 Å². The first kappa shape index (κ1) is 13.0. The van der Waals surface area contributed by atoms with Crippen LogP contribution in [0.4, 0.5) is 0 Å². The average molecular weight is 286 g/mol. The molecular weight excluding hydrogens is 264 g/mol. The van der Waals surface area contributed by atoms with Gasteiger partial charge in [0, 0.05) is 24.7 Å². The molecule has 2 aromatic heterocycles. The molecule has 1 aliphatic heterocycles. The number of nitrogens with one attached hydrogen (secondary N) is 1. The smallest absolute Gasteiger partial charge is 0.270 e. The summed E-state index contributed by atoms with van der Waals surface area (Å²) in [5.74, 6) is 0.118. The lowest BCUT2D eigenvalue weighted by molar-refractivity contribution is 0.0703. The van der Waals surface area contributed by atoms with E-state index in [2.05, 4.69) is 30.7 Å². The molecule has 1 aliphatic carbocycles. The van der Waals surface area contributed by atoms with Gasteiger partial charge in [-0.3, -0.25) is 4.79 Å². The van der Waals surface area contributed by atoms with Gasteiger partial charge in [0.1, 0.15) is 5.69 Å². The van der Waals surface area contributed by atoms with Crippen LogP contribution in [0.25, 0.3) is 11.1 Å². The van der Waals surface area contributed by atoms with Gasteiger partial charge in [0.2, 0.25) is 0 Å². The van der Waals surface area contributed by atoms with Crippen molar-refractivity contribution in [2.75, 3.05) is 6.54 Å². The van der Waals surface area contributed by atoms with Crippen molar-refractivity contribution in [1.29, 1.82) is 0 Å². The molecule has 2 atom stereocenters. The summed E-state index contributed by atoms with van der Waals surface area (Å²) >= 11 is 0. The number of H-pyrrole nitrogens is 1. The minimum Gasteiger partial charge on any atom is -0.463 e. The normalized spacial score (nSPS) is 31.0. The maximum absolute atomic E-state index is 12.9. The SMILES string of the molecule is CC1(C)CC2CC(C)(CN2C(=O)c2cc3occc3[nH]2)C1. The third-order valence-corrected chi connectivity index (χ3v) is 5.15. The van der Waals surface area contributed by atoms with E-state index in [4.69, 9.17) is 4.42 Å². The lowest BCUT2D eigenvalue weighted by atomic mass is 9.65. The second-order valence-electron chi connectivity index (χ2n) is 8.03. The molecule has 21 heavy (non-hydrogen) atoms. The number of aromatic nitrogens is 1. The molecule has 1 N–H and O–H groups in total. The number of nitrogens with zero attached hydrogens (tertiary/aromatic N) is 1. The van der Waals surface area contributed by atoms with Gasteiger partial charge in [-0.05, 0) is 30.1 Å². The van der Waals surface area contributed by atoms with Crippen LogP contribution in [0.1, 0.15) is 50.5 Å². The highest BCUT2D eigenvalue weighted by Crippen LogP contribution is 2.52. The van der Waals surface area contributed by atoms with Crippen molar-refractivity contribution in [3.8, 4) is 0 Å². The Hall–Kier alpha value is -1.71. The summed E-state index contributed by atoms with van der Waals surface area (Å²) in [6.45, 7) is 7.86. The molecule has 3 heterocycles. The number of likely N-dealkylation sites (tertiary alicyclic amines) is 1. The Morgan fingerprint density at radius 3 is 2.95 bits per heavy atom. The summed E-state index contributed by atoms with van der Waals surface area (Å²) in [7, 11) is 0. The van der Waals surface area contributed by atoms with Crippen LogP contribution in [0, 0.1) is 10.8 Å². The van der Waals surface area contributed by atoms with Gasteiger partial charge in [0.05, 0.1) is 11.8 Å². The quantitative estimate of drug-likeness (QED) is 0.866. The zero-order valence-corrected chi connectivity index (χ0v) is 12.9. The third-order valence-electron chi connectivity index (χ3n) is 5.15. The standard InChI is InChI=1S/C17H22N2O2/c1-16(2)7-11-8-17(3,9-16)10-19(11)15(20)13-6-14-12(18-13)4-5-21-14/h4-6,11,18H,7-10H2,1-3H3. The van der Waals surface area contributed by atoms with E-state index in [1.807, 2.05) is 12.1 Å². The highest BCUT2D eigenvalue weighted by Gasteiger charge is 2.51. The lowest BCUT2D eigenvalue weighted by Gasteiger charge is -2.39. The molecule has 1 saturated carbocycles. The van der Waals surface area contributed by atoms with Gasteiger partial charge >= 0.3 is 0 Å². The van der Waals surface area contributed by atoms with Crippen LogP contribution in [0.3, 0.4) is 0 Å². The van der Waals surface area contributed by atoms with Gasteiger partial charge in [0.15, 0.2) is 5.58 Å². The minimum absolute atomic E-state index is 0.118. The first-order valence-electron chi connectivity index (χ1n) is 7.73. The zero-order valence-electron chi connectivity index (χ0n) is 12.9. The Kier molecular flexibility index (Phi) is 2.43. The van der Waals surface area contributed by atoms with Gasteiger partial charge in [-0.1, -0.05) is 20.8 Å². The van der Waals surface area contributed by atoms with E-state index in [-0.39, 0.29) is 11.3 Å². The lowest BCUT2D eigenvalue weighted by Crippen LogP contribution is -2.37. The Balaban J connectivity index is 1.65. The van der Waals surface area contributed by atoms with E-state index < -0.39 is 0 Å². The van der Waals surface area contributed by atoms with Crippen molar-refractivity contribution in [1.82, 2.24) is 9.88 Å². The van der Waals surface area contributed by atoms with Crippen LogP contribution in [-0.2, 0) is 0 Å². The Bertz CT molecular complexity index is 683. The summed E-state index contributed by atoms with van der Waals surface area (Å²) in [6, 6.07) is 4.06. The summed E-state index contributed by atoms with van der Waals surface area (Å²) in [4.78, 5) is 18.1. The molecule has 0 spiro atoms. The molecule has 4 nitrogen and oxygen atoms in total. The van der Waals surface area contributed by atoms with E-state index in [1.54, 1.807) is 6.26 Å². The average Bonchev–Trinajstić information content (AvgIpc) is 2.97. The van der Waals surface area contributed by atoms with Crippen molar-refractivity contribution in [3.05, 3.63) is 24.1 Å². The number of carbonyl (C=O) groups excluding carboxylic acids is 1. The first-order chi connectivity index (χ1) is 9.85. The second-order valence-corrected chi connectivity index (χ2v) is 8.03. The zero-order chi connectivity index (χ0) is 14.8. The fourth-order valence-electron chi connectivity index (χ4n) is 4.82. The Morgan fingerprint density at radius 1 is 1.38 bits per heavy atom. The minimum atomic E-state index is 0.118. The molecule has 0 radical (unpaired) electrons. The number of fused-ring (bicyclic) bond motifs is 3. The molecule has 112 valence electrons. The maximum Gasteiger partial charge on any atom is 0.270 e. The predicted molar refractivity (Wildman–Crippen MR) is 81.1 cm³/mol. The van der Waals surface area contributed by atoms with Crippen molar-refractivity contribution in [2.24, 2.45) is 10.8 Å². The topological polar surface area (TPSA) is 49.2 Å². The summed E-state index contributed by atoms with van der Waals surface area (Å²) in [6.07, 6.45) is 5.08. The molecule has 4 rings (SSSR count). The molecular formula is C17H22N2O2. The van der Waals surface area contributed by atoms with Gasteiger partial charge in [-0.25, -0.2) is 0 Å². The number of hydrogen-bond donors (Lipinski definition) is 1. The molecule has 1 saturated heterocycles. The number of rotatable bonds is 1. The number of furan rings is 1. The molecule has 2 aliphatic rings. The monoisotopic (exact) mass is 286 g/mol. The van der Waals surface area contributed by atoms with Crippen LogP contribution in [0.15, 0.2) is 22.8 Å². The van der Waals surface area contributed by atoms with Crippen LogP contribution in [-0.4, -0.2) is 28.4 Å². The molecule has 1 amide bonds. The fraction of sp³-hybridized carbons (Fsp3) is 0.588. The van der Waals surface area contributed by atoms with Gasteiger partial charge in [0.25, 0.3) is 5.91 Å². The molecule has 2 bridgehead atoms. The largest absolute Gasteiger partial charge is 0.463 e. The van der Waals surface area contributed by atoms with Gasteiger partial charge in [-0.2, -0.15) is 0 Å². The first-order valence-corrected chi connectivity index (χ1v) is 7.73. The fourth-order valence-corrected chi connectivity index (χ4v) is 4.82. The second kappa shape index (κ2) is 3.93. The van der Waals surface area contributed by atoms with E-state index in [0.29, 0.717) is 17.2 Å². The maximum atomic E-state index is 12.9. The number of amides is 1. The number of hydrogen-bond acceptors (Lipinski definition) is 2. The summed E-state index contributed by atoms with van der Waals surface area (Å²) in [5.41, 5.74) is 2.90. The van der Waals surface area contributed by atoms with E-state index in [1.165, 1.54) is 6.42 Å². The van der Waals surface area contributed by atoms with Crippen molar-refractivity contribution in [3.63, 3.8) is 0 Å². The predicted octanol–water partition coefficient (Wildman–Crippen LogP) is 3.80. The van der Waals surface area contributed by atoms with Crippen LogP contribution in [0.2, 0.25) is 0 Å². The van der Waals surface area contributed by atoms with Crippen molar-refractivity contribution < 1.29 is 9.21 Å². The molecule has 2 aromatic rings. The highest BCUT2D eigenvalue weighted by atomic mass is 16.3.